The minimum absolute atomic E-state index is 0.00266. The van der Waals surface area contributed by atoms with E-state index in [0.717, 1.165) is 49.7 Å². The number of rotatable bonds is 5. The molecule has 5 aliphatic rings. The summed E-state index contributed by atoms with van der Waals surface area (Å²) in [6.07, 6.45) is 9.41. The van der Waals surface area contributed by atoms with Crippen LogP contribution in [0.15, 0.2) is 30.4 Å². The van der Waals surface area contributed by atoms with Crippen molar-refractivity contribution in [2.24, 2.45) is 11.7 Å². The number of ether oxygens (including phenoxy) is 1. The van der Waals surface area contributed by atoms with Gasteiger partial charge in [0.25, 0.3) is 5.91 Å². The van der Waals surface area contributed by atoms with E-state index in [1.54, 1.807) is 6.07 Å². The van der Waals surface area contributed by atoms with E-state index >= 15 is 0 Å². The highest BCUT2D eigenvalue weighted by molar-refractivity contribution is 7.88. The smallest absolute Gasteiger partial charge is 0.410 e. The van der Waals surface area contributed by atoms with Crippen LogP contribution in [0.2, 0.25) is 5.02 Å². The number of allylic oxidation sites excluding steroid dienone is 1. The Balaban J connectivity index is 1.19. The largest absolute Gasteiger partial charge is 0.444 e. The molecule has 2 aliphatic carbocycles. The predicted molar refractivity (Wildman–Crippen MR) is 173 cm³/mol. The van der Waals surface area contributed by atoms with Crippen molar-refractivity contribution in [3.8, 4) is 0 Å². The molecule has 3 heterocycles. The van der Waals surface area contributed by atoms with E-state index in [1.165, 1.54) is 9.80 Å². The Morgan fingerprint density at radius 2 is 1.83 bits per heavy atom. The Bertz CT molecular complexity index is 1550. The first-order valence-corrected chi connectivity index (χ1v) is 18.4. The van der Waals surface area contributed by atoms with Crippen LogP contribution in [0.4, 0.5) is 4.79 Å². The fourth-order valence-corrected chi connectivity index (χ4v) is 8.71. The maximum atomic E-state index is 14.0. The molecule has 1 saturated heterocycles. The molecule has 3 fully saturated rings. The van der Waals surface area contributed by atoms with E-state index < -0.39 is 63.7 Å². The average molecular weight is 691 g/mol. The number of nitrogens with two attached hydrogens (primary N) is 1. The lowest BCUT2D eigenvalue weighted by Gasteiger charge is -2.28. The van der Waals surface area contributed by atoms with Crippen LogP contribution in [0.1, 0.15) is 81.8 Å². The molecule has 1 aromatic rings. The summed E-state index contributed by atoms with van der Waals surface area (Å²) in [5.74, 6) is -2.33. The van der Waals surface area contributed by atoms with Crippen molar-refractivity contribution >= 4 is 45.6 Å². The van der Waals surface area contributed by atoms with Crippen LogP contribution >= 0.6 is 11.6 Å². The predicted octanol–water partition coefficient (Wildman–Crippen LogP) is 2.38. The summed E-state index contributed by atoms with van der Waals surface area (Å²) < 4.78 is 36.3. The van der Waals surface area contributed by atoms with Gasteiger partial charge in [0.05, 0.1) is 19.1 Å². The van der Waals surface area contributed by atoms with Gasteiger partial charge in [-0.25, -0.2) is 9.52 Å². The number of carbonyl (C=O) groups is 4. The number of carbonyl (C=O) groups excluding carboxylic acids is 4. The molecular weight excluding hydrogens is 648 g/mol. The first kappa shape index (κ1) is 33.7. The van der Waals surface area contributed by atoms with Gasteiger partial charge in [0.15, 0.2) is 0 Å². The maximum absolute atomic E-state index is 14.0. The molecule has 15 heteroatoms. The fourth-order valence-electron chi connectivity index (χ4n) is 7.29. The number of hydrogen-bond donors (Lipinski definition) is 4. The second-order valence-corrected chi connectivity index (χ2v) is 15.3. The van der Waals surface area contributed by atoms with E-state index in [9.17, 15) is 27.6 Å². The lowest BCUT2D eigenvalue weighted by molar-refractivity contribution is -0.140. The zero-order chi connectivity index (χ0) is 33.3. The van der Waals surface area contributed by atoms with Crippen LogP contribution in [0, 0.1) is 5.92 Å². The van der Waals surface area contributed by atoms with E-state index in [0.29, 0.717) is 30.8 Å². The Labute approximate surface area is 280 Å². The quantitative estimate of drug-likeness (QED) is 0.340. The number of halogens is 1. The molecule has 5 atom stereocenters. The van der Waals surface area contributed by atoms with Gasteiger partial charge >= 0.3 is 16.3 Å². The van der Waals surface area contributed by atoms with Gasteiger partial charge in [-0.1, -0.05) is 61.6 Å². The molecule has 0 radical (unpaired) electrons. The lowest BCUT2D eigenvalue weighted by Crippen LogP contribution is -2.58. The minimum atomic E-state index is -4.17. The van der Waals surface area contributed by atoms with E-state index in [4.69, 9.17) is 22.1 Å². The number of hydrogen-bond acceptors (Lipinski definition) is 8. The van der Waals surface area contributed by atoms with Crippen LogP contribution in [0.3, 0.4) is 0 Å². The van der Waals surface area contributed by atoms with Crippen LogP contribution < -0.4 is 20.5 Å². The monoisotopic (exact) mass is 690 g/mol. The van der Waals surface area contributed by atoms with Crippen molar-refractivity contribution in [1.82, 2.24) is 24.6 Å². The molecule has 0 spiro atoms. The zero-order valence-corrected chi connectivity index (χ0v) is 27.9. The normalized spacial score (nSPS) is 30.1. The summed E-state index contributed by atoms with van der Waals surface area (Å²) in [6.45, 7) is 0.563. The Morgan fingerprint density at radius 1 is 1.06 bits per heavy atom. The van der Waals surface area contributed by atoms with Crippen LogP contribution in [-0.2, 0) is 42.4 Å². The summed E-state index contributed by atoms with van der Waals surface area (Å²) >= 11 is 6.32. The Kier molecular flexibility index (Phi) is 9.84. The summed E-state index contributed by atoms with van der Waals surface area (Å²) in [5.41, 5.74) is 6.58. The molecule has 1 aromatic carbocycles. The molecule has 0 unspecified atom stereocenters. The highest BCUT2D eigenvalue weighted by Crippen LogP contribution is 2.45. The third-order valence-corrected chi connectivity index (χ3v) is 11.5. The van der Waals surface area contributed by atoms with Crippen LogP contribution in [0.25, 0.3) is 0 Å². The van der Waals surface area contributed by atoms with Crippen LogP contribution in [-0.4, -0.2) is 78.3 Å². The Morgan fingerprint density at radius 3 is 2.60 bits per heavy atom. The number of benzene rings is 1. The molecule has 47 heavy (non-hydrogen) atoms. The van der Waals surface area contributed by atoms with E-state index in [1.807, 2.05) is 24.3 Å². The zero-order valence-electron chi connectivity index (χ0n) is 26.3. The molecule has 13 nitrogen and oxygen atoms in total. The van der Waals surface area contributed by atoms with Crippen molar-refractivity contribution in [2.45, 2.75) is 113 Å². The van der Waals surface area contributed by atoms with Crippen molar-refractivity contribution in [3.05, 3.63) is 46.5 Å². The molecule has 0 aromatic heterocycles. The summed E-state index contributed by atoms with van der Waals surface area (Å²) in [4.78, 5) is 57.3. The average Bonchev–Trinajstić information content (AvgIpc) is 3.45. The summed E-state index contributed by atoms with van der Waals surface area (Å²) in [7, 11) is -4.17. The SMILES string of the molecule is N[C@H]1CCCCCC=C[C@@H]2C[C@@]2(C(=O)NS(=O)(=O)NC2CCCC2)NC(=O)[C@@H]2C[C@@H](OC(=O)N3Cc4cccc(Cl)c4C3)CN2C1=O. The molecule has 0 bridgehead atoms. The minimum Gasteiger partial charge on any atom is -0.444 e. The number of nitrogens with one attached hydrogen (secondary N) is 3. The van der Waals surface area contributed by atoms with Gasteiger partial charge in [0, 0.05) is 29.9 Å². The summed E-state index contributed by atoms with van der Waals surface area (Å²) in [5, 5.41) is 3.38. The summed E-state index contributed by atoms with van der Waals surface area (Å²) in [6, 6.07) is 3.30. The lowest BCUT2D eigenvalue weighted by atomic mass is 10.1. The molecule has 2 saturated carbocycles. The fraction of sp³-hybridized carbons (Fsp3) is 0.625. The second-order valence-electron chi connectivity index (χ2n) is 13.5. The molecule has 3 aliphatic heterocycles. The van der Waals surface area contributed by atoms with Gasteiger partial charge in [0.1, 0.15) is 17.7 Å². The first-order chi connectivity index (χ1) is 22.5. The van der Waals surface area contributed by atoms with Gasteiger partial charge in [0.2, 0.25) is 11.8 Å². The highest BCUT2D eigenvalue weighted by Gasteiger charge is 2.61. The number of amides is 4. The third kappa shape index (κ3) is 7.45. The van der Waals surface area contributed by atoms with Crippen molar-refractivity contribution in [1.29, 1.82) is 0 Å². The Hall–Kier alpha value is -3.20. The van der Waals surface area contributed by atoms with Gasteiger partial charge in [-0.2, -0.15) is 13.1 Å². The van der Waals surface area contributed by atoms with Crippen molar-refractivity contribution < 1.29 is 32.3 Å². The first-order valence-electron chi connectivity index (χ1n) is 16.6. The van der Waals surface area contributed by atoms with Gasteiger partial charge < -0.3 is 20.7 Å². The molecule has 4 amide bonds. The second kappa shape index (κ2) is 13.7. The standard InChI is InChI=1S/C32H43ClN6O7S/c33-25-13-8-9-20-17-38(19-24(20)25)31(43)46-23-15-27-28(40)35-32(30(42)37-47(44,45)36-22-11-6-7-12-22)16-21(32)10-4-2-1-3-5-14-26(34)29(41)39(27)18-23/h4,8-10,13,21-23,26-27,36H,1-3,5-7,11-12,14-19,34H2,(H,35,40)(H,37,42)/t21-,23-,26+,27+,32-/m1/s1. The number of nitrogens with zero attached hydrogens (tertiary/aromatic N) is 2. The van der Waals surface area contributed by atoms with Gasteiger partial charge in [-0.05, 0) is 55.7 Å². The molecule has 6 rings (SSSR count). The van der Waals surface area contributed by atoms with Crippen molar-refractivity contribution in [2.75, 3.05) is 6.54 Å². The third-order valence-electron chi connectivity index (χ3n) is 10.0. The van der Waals surface area contributed by atoms with Crippen molar-refractivity contribution in [3.63, 3.8) is 0 Å². The van der Waals surface area contributed by atoms with Crippen LogP contribution in [0.5, 0.6) is 0 Å². The molecular formula is C32H43ClN6O7S. The maximum Gasteiger partial charge on any atom is 0.410 e. The van der Waals surface area contributed by atoms with E-state index in [2.05, 4.69) is 14.8 Å². The van der Waals surface area contributed by atoms with E-state index in [-0.39, 0.29) is 32.0 Å². The van der Waals surface area contributed by atoms with Gasteiger partial charge in [-0.3, -0.25) is 19.3 Å². The van der Waals surface area contributed by atoms with Gasteiger partial charge in [-0.15, -0.1) is 0 Å². The molecule has 5 N–H and O–H groups in total. The molecule has 256 valence electrons. The number of fused-ring (bicyclic) bond motifs is 3. The topological polar surface area (TPSA) is 180 Å². The highest BCUT2D eigenvalue weighted by atomic mass is 35.5.